The maximum Gasteiger partial charge on any atom is 0.225 e. The van der Waals surface area contributed by atoms with Crippen LogP contribution in [0.25, 0.3) is 0 Å². The Balaban J connectivity index is 0.00000220. The van der Waals surface area contributed by atoms with Crippen LogP contribution in [0.15, 0.2) is 24.3 Å². The van der Waals surface area contributed by atoms with E-state index in [0.717, 1.165) is 29.4 Å². The second kappa shape index (κ2) is 8.92. The van der Waals surface area contributed by atoms with E-state index in [4.69, 9.17) is 0 Å². The molecule has 0 radical (unpaired) electrons. The number of anilines is 2. The van der Waals surface area contributed by atoms with E-state index in [1.54, 1.807) is 24.3 Å². The zero-order valence-electron chi connectivity index (χ0n) is 11.8. The summed E-state index contributed by atoms with van der Waals surface area (Å²) in [5.41, 5.74) is 1.47. The van der Waals surface area contributed by atoms with E-state index in [1.165, 1.54) is 6.92 Å². The van der Waals surface area contributed by atoms with Gasteiger partial charge in [0.15, 0.2) is 0 Å². The molecule has 1 aromatic carbocycles. The van der Waals surface area contributed by atoms with E-state index in [0.29, 0.717) is 6.42 Å². The van der Waals surface area contributed by atoms with E-state index >= 15 is 0 Å². The molecule has 1 saturated heterocycles. The first-order chi connectivity index (χ1) is 9.63. The molecule has 1 atom stereocenters. The molecule has 2 rings (SSSR count). The standard InChI is InChI=1S/C14H19N3O2S.ClH/c1-10(18)16-11-2-4-12(5-3-11)17-14(19)8-13-9-20-7-6-15-13;/h2-5,13,15H,6-9H2,1H3,(H,16,18)(H,17,19);1H. The minimum atomic E-state index is -0.109. The molecule has 116 valence electrons. The summed E-state index contributed by atoms with van der Waals surface area (Å²) in [5, 5.41) is 8.89. The van der Waals surface area contributed by atoms with Crippen molar-refractivity contribution >= 4 is 47.4 Å². The summed E-state index contributed by atoms with van der Waals surface area (Å²) in [4.78, 5) is 22.8. The summed E-state index contributed by atoms with van der Waals surface area (Å²) in [5.74, 6) is 2.00. The maximum absolute atomic E-state index is 11.9. The predicted octanol–water partition coefficient (Wildman–Crippen LogP) is 2.10. The van der Waals surface area contributed by atoms with Crippen LogP contribution in [-0.4, -0.2) is 35.9 Å². The van der Waals surface area contributed by atoms with E-state index in [2.05, 4.69) is 16.0 Å². The molecule has 1 unspecified atom stereocenters. The fourth-order valence-electron chi connectivity index (χ4n) is 2.03. The molecule has 2 amide bonds. The number of thioether (sulfide) groups is 1. The van der Waals surface area contributed by atoms with Gasteiger partial charge < -0.3 is 16.0 Å². The van der Waals surface area contributed by atoms with Gasteiger partial charge in [-0.05, 0) is 24.3 Å². The maximum atomic E-state index is 11.9. The van der Waals surface area contributed by atoms with Crippen LogP contribution in [0.2, 0.25) is 0 Å². The van der Waals surface area contributed by atoms with Crippen LogP contribution in [0.3, 0.4) is 0 Å². The van der Waals surface area contributed by atoms with Gasteiger partial charge in [0.2, 0.25) is 11.8 Å². The SMILES string of the molecule is CC(=O)Nc1ccc(NC(=O)CC2CSCCN2)cc1.Cl. The Morgan fingerprint density at radius 2 is 1.86 bits per heavy atom. The molecule has 0 aliphatic carbocycles. The summed E-state index contributed by atoms with van der Waals surface area (Å²) in [7, 11) is 0. The molecule has 7 heteroatoms. The van der Waals surface area contributed by atoms with Gasteiger partial charge in [-0.2, -0.15) is 11.8 Å². The summed E-state index contributed by atoms with van der Waals surface area (Å²) < 4.78 is 0. The molecular formula is C14H20ClN3O2S. The Bertz CT molecular complexity index is 476. The van der Waals surface area contributed by atoms with Gasteiger partial charge in [-0.25, -0.2) is 0 Å². The van der Waals surface area contributed by atoms with Crippen LogP contribution in [0, 0.1) is 0 Å². The highest BCUT2D eigenvalue weighted by molar-refractivity contribution is 7.99. The lowest BCUT2D eigenvalue weighted by Crippen LogP contribution is -2.39. The quantitative estimate of drug-likeness (QED) is 0.791. The first kappa shape index (κ1) is 17.8. The average molecular weight is 330 g/mol. The van der Waals surface area contributed by atoms with Crippen molar-refractivity contribution in [3.63, 3.8) is 0 Å². The largest absolute Gasteiger partial charge is 0.326 e. The average Bonchev–Trinajstić information content (AvgIpc) is 2.41. The predicted molar refractivity (Wildman–Crippen MR) is 90.4 cm³/mol. The lowest BCUT2D eigenvalue weighted by atomic mass is 10.2. The monoisotopic (exact) mass is 329 g/mol. The topological polar surface area (TPSA) is 70.2 Å². The Labute approximate surface area is 135 Å². The van der Waals surface area contributed by atoms with Crippen LogP contribution in [0.4, 0.5) is 11.4 Å². The summed E-state index contributed by atoms with van der Waals surface area (Å²) >= 11 is 1.88. The van der Waals surface area contributed by atoms with Gasteiger partial charge in [-0.15, -0.1) is 12.4 Å². The van der Waals surface area contributed by atoms with Gasteiger partial charge >= 0.3 is 0 Å². The smallest absolute Gasteiger partial charge is 0.225 e. The van der Waals surface area contributed by atoms with Crippen LogP contribution in [0.5, 0.6) is 0 Å². The molecule has 1 heterocycles. The fraction of sp³-hybridized carbons (Fsp3) is 0.429. The third-order valence-electron chi connectivity index (χ3n) is 2.92. The molecule has 1 aliphatic rings. The Morgan fingerprint density at radius 1 is 1.24 bits per heavy atom. The zero-order chi connectivity index (χ0) is 14.4. The van der Waals surface area contributed by atoms with Gasteiger partial charge in [0.1, 0.15) is 0 Å². The number of halogens is 1. The molecule has 0 spiro atoms. The van der Waals surface area contributed by atoms with Crippen LogP contribution in [-0.2, 0) is 9.59 Å². The van der Waals surface area contributed by atoms with Crippen molar-refractivity contribution in [2.24, 2.45) is 0 Å². The summed E-state index contributed by atoms with van der Waals surface area (Å²) in [6, 6.07) is 7.36. The van der Waals surface area contributed by atoms with Gasteiger partial charge in [-0.3, -0.25) is 9.59 Å². The first-order valence-corrected chi connectivity index (χ1v) is 7.77. The number of carbonyl (C=O) groups is 2. The van der Waals surface area contributed by atoms with E-state index in [-0.39, 0.29) is 30.3 Å². The van der Waals surface area contributed by atoms with Crippen molar-refractivity contribution < 1.29 is 9.59 Å². The van der Waals surface area contributed by atoms with Crippen molar-refractivity contribution in [3.05, 3.63) is 24.3 Å². The normalized spacial score (nSPS) is 17.5. The van der Waals surface area contributed by atoms with Crippen LogP contribution in [0.1, 0.15) is 13.3 Å². The number of amides is 2. The number of rotatable bonds is 4. The number of carbonyl (C=O) groups excluding carboxylic acids is 2. The number of nitrogens with one attached hydrogen (secondary N) is 3. The van der Waals surface area contributed by atoms with Crippen LogP contribution < -0.4 is 16.0 Å². The van der Waals surface area contributed by atoms with Crippen LogP contribution >= 0.6 is 24.2 Å². The van der Waals surface area contributed by atoms with Crippen molar-refractivity contribution in [1.82, 2.24) is 5.32 Å². The number of hydrogen-bond acceptors (Lipinski definition) is 4. The molecule has 5 nitrogen and oxygen atoms in total. The van der Waals surface area contributed by atoms with Gasteiger partial charge in [0.25, 0.3) is 0 Å². The highest BCUT2D eigenvalue weighted by Crippen LogP contribution is 2.15. The Hall–Kier alpha value is -1.24. The number of benzene rings is 1. The lowest BCUT2D eigenvalue weighted by molar-refractivity contribution is -0.116. The first-order valence-electron chi connectivity index (χ1n) is 6.62. The van der Waals surface area contributed by atoms with E-state index in [9.17, 15) is 9.59 Å². The highest BCUT2D eigenvalue weighted by Gasteiger charge is 2.16. The van der Waals surface area contributed by atoms with Crippen molar-refractivity contribution in [2.75, 3.05) is 28.7 Å². The molecule has 0 saturated carbocycles. The summed E-state index contributed by atoms with van der Waals surface area (Å²) in [6.45, 7) is 2.43. The molecule has 21 heavy (non-hydrogen) atoms. The highest BCUT2D eigenvalue weighted by atomic mass is 35.5. The van der Waals surface area contributed by atoms with Crippen molar-refractivity contribution in [3.8, 4) is 0 Å². The number of hydrogen-bond donors (Lipinski definition) is 3. The summed E-state index contributed by atoms with van der Waals surface area (Å²) in [6.07, 6.45) is 0.487. The second-order valence-electron chi connectivity index (χ2n) is 4.74. The minimum Gasteiger partial charge on any atom is -0.326 e. The third-order valence-corrected chi connectivity index (χ3v) is 4.05. The van der Waals surface area contributed by atoms with E-state index < -0.39 is 0 Å². The third kappa shape index (κ3) is 6.37. The fourth-order valence-corrected chi connectivity index (χ4v) is 2.98. The Kier molecular flexibility index (Phi) is 7.56. The molecule has 1 aliphatic heterocycles. The molecule has 1 fully saturated rings. The zero-order valence-corrected chi connectivity index (χ0v) is 13.5. The molecule has 3 N–H and O–H groups in total. The van der Waals surface area contributed by atoms with Gasteiger partial charge in [0, 0.05) is 48.8 Å². The van der Waals surface area contributed by atoms with Gasteiger partial charge in [-0.1, -0.05) is 0 Å². The van der Waals surface area contributed by atoms with Gasteiger partial charge in [0.05, 0.1) is 0 Å². The molecular weight excluding hydrogens is 310 g/mol. The van der Waals surface area contributed by atoms with E-state index in [1.807, 2.05) is 11.8 Å². The molecule has 0 bridgehead atoms. The molecule has 1 aromatic rings. The Morgan fingerprint density at radius 3 is 2.38 bits per heavy atom. The lowest BCUT2D eigenvalue weighted by Gasteiger charge is -2.22. The second-order valence-corrected chi connectivity index (χ2v) is 5.89. The van der Waals surface area contributed by atoms with Crippen molar-refractivity contribution in [1.29, 1.82) is 0 Å². The molecule has 0 aromatic heterocycles. The minimum absolute atomic E-state index is 0. The van der Waals surface area contributed by atoms with Crippen molar-refractivity contribution in [2.45, 2.75) is 19.4 Å².